The van der Waals surface area contributed by atoms with E-state index in [1.807, 2.05) is 12.1 Å². The number of likely N-dealkylation sites (N-methyl/N-ethyl adjacent to an activating group) is 1. The van der Waals surface area contributed by atoms with Gasteiger partial charge in [0.1, 0.15) is 0 Å². The summed E-state index contributed by atoms with van der Waals surface area (Å²) in [7, 11) is 0. The molecule has 2 N–H and O–H groups in total. The monoisotopic (exact) mass is 237 g/mol. The van der Waals surface area contributed by atoms with Crippen LogP contribution >= 0.6 is 0 Å². The molecule has 0 heterocycles. The molecule has 0 radical (unpaired) electrons. The molecule has 0 amide bonds. The Hall–Kier alpha value is -1.46. The predicted molar refractivity (Wildman–Crippen MR) is 68.0 cm³/mol. The summed E-state index contributed by atoms with van der Waals surface area (Å²) in [6, 6.07) is 6.73. The van der Waals surface area contributed by atoms with Crippen LogP contribution in [0.25, 0.3) is 0 Å². The Morgan fingerprint density at radius 3 is 2.41 bits per heavy atom. The average molecular weight is 237 g/mol. The highest BCUT2D eigenvalue weighted by atomic mass is 16.6. The molecule has 0 spiro atoms. The van der Waals surface area contributed by atoms with Gasteiger partial charge in [-0.1, -0.05) is 19.1 Å². The molecule has 0 bridgehead atoms. The highest BCUT2D eigenvalue weighted by Gasteiger charge is 2.05. The number of nitrogens with two attached hydrogens (primary N) is 1. The Labute approximate surface area is 101 Å². The largest absolute Gasteiger partial charge is 0.329 e. The van der Waals surface area contributed by atoms with Gasteiger partial charge in [0.15, 0.2) is 0 Å². The lowest BCUT2D eigenvalue weighted by Crippen LogP contribution is -2.31. The van der Waals surface area contributed by atoms with Gasteiger partial charge >= 0.3 is 0 Å². The minimum atomic E-state index is -0.378. The summed E-state index contributed by atoms with van der Waals surface area (Å²) in [5, 5.41) is 10.5. The van der Waals surface area contributed by atoms with E-state index in [4.69, 9.17) is 5.73 Å². The summed E-state index contributed by atoms with van der Waals surface area (Å²) in [5.41, 5.74) is 6.77. The molecule has 5 nitrogen and oxygen atoms in total. The zero-order valence-electron chi connectivity index (χ0n) is 10.1. The smallest absolute Gasteiger partial charge is 0.269 e. The zero-order valence-corrected chi connectivity index (χ0v) is 10.1. The number of nitro groups is 1. The first-order valence-electron chi connectivity index (χ1n) is 5.83. The predicted octanol–water partition coefficient (Wildman–Crippen LogP) is 1.42. The molecule has 17 heavy (non-hydrogen) atoms. The van der Waals surface area contributed by atoms with Crippen molar-refractivity contribution in [1.29, 1.82) is 0 Å². The Balaban J connectivity index is 2.48. The molecule has 0 aliphatic heterocycles. The normalized spacial score (nSPS) is 10.8. The third kappa shape index (κ3) is 4.50. The number of hydrogen-bond acceptors (Lipinski definition) is 4. The van der Waals surface area contributed by atoms with Gasteiger partial charge in [-0.3, -0.25) is 10.1 Å². The van der Waals surface area contributed by atoms with Crippen molar-refractivity contribution in [3.63, 3.8) is 0 Å². The molecule has 1 aromatic rings. The maximum Gasteiger partial charge on any atom is 0.269 e. The van der Waals surface area contributed by atoms with Crippen molar-refractivity contribution < 1.29 is 4.92 Å². The van der Waals surface area contributed by atoms with E-state index >= 15 is 0 Å². The van der Waals surface area contributed by atoms with Gasteiger partial charge in [0.05, 0.1) is 4.92 Å². The molecule has 0 aliphatic carbocycles. The second kappa shape index (κ2) is 6.98. The van der Waals surface area contributed by atoms with Crippen LogP contribution in [0.4, 0.5) is 5.69 Å². The molecule has 0 unspecified atom stereocenters. The van der Waals surface area contributed by atoms with Gasteiger partial charge in [-0.05, 0) is 18.5 Å². The van der Waals surface area contributed by atoms with Crippen LogP contribution in [0.15, 0.2) is 24.3 Å². The van der Waals surface area contributed by atoms with Crippen LogP contribution in [-0.4, -0.2) is 36.0 Å². The summed E-state index contributed by atoms with van der Waals surface area (Å²) in [6.07, 6.45) is 0.895. The molecule has 94 valence electrons. The number of nitrogens with zero attached hydrogens (tertiary/aromatic N) is 2. The van der Waals surface area contributed by atoms with Crippen LogP contribution in [-0.2, 0) is 6.42 Å². The number of hydrogen-bond donors (Lipinski definition) is 1. The van der Waals surface area contributed by atoms with Crippen molar-refractivity contribution in [3.8, 4) is 0 Å². The van der Waals surface area contributed by atoms with Crippen LogP contribution in [0.2, 0.25) is 0 Å². The van der Waals surface area contributed by atoms with Crippen molar-refractivity contribution >= 4 is 5.69 Å². The van der Waals surface area contributed by atoms with Gasteiger partial charge in [0.2, 0.25) is 0 Å². The Morgan fingerprint density at radius 2 is 1.94 bits per heavy atom. The third-order valence-electron chi connectivity index (χ3n) is 2.76. The lowest BCUT2D eigenvalue weighted by atomic mass is 10.1. The van der Waals surface area contributed by atoms with E-state index in [1.54, 1.807) is 12.1 Å². The van der Waals surface area contributed by atoms with Crippen LogP contribution in [0.5, 0.6) is 0 Å². The fourth-order valence-electron chi connectivity index (χ4n) is 1.68. The molecular weight excluding hydrogens is 218 g/mol. The van der Waals surface area contributed by atoms with Gasteiger partial charge in [-0.2, -0.15) is 0 Å². The summed E-state index contributed by atoms with van der Waals surface area (Å²) in [4.78, 5) is 12.4. The van der Waals surface area contributed by atoms with Crippen molar-refractivity contribution in [3.05, 3.63) is 39.9 Å². The summed E-state index contributed by atoms with van der Waals surface area (Å²) in [6.45, 7) is 5.57. The van der Waals surface area contributed by atoms with Crippen molar-refractivity contribution in [2.45, 2.75) is 13.3 Å². The second-order valence-electron chi connectivity index (χ2n) is 3.90. The number of benzene rings is 1. The van der Waals surface area contributed by atoms with E-state index in [-0.39, 0.29) is 10.6 Å². The van der Waals surface area contributed by atoms with E-state index in [9.17, 15) is 10.1 Å². The van der Waals surface area contributed by atoms with E-state index < -0.39 is 0 Å². The van der Waals surface area contributed by atoms with Gasteiger partial charge in [0, 0.05) is 31.8 Å². The topological polar surface area (TPSA) is 72.4 Å². The maximum absolute atomic E-state index is 10.5. The Kier molecular flexibility index (Phi) is 5.59. The highest BCUT2D eigenvalue weighted by Crippen LogP contribution is 2.12. The molecule has 1 aromatic carbocycles. The lowest BCUT2D eigenvalue weighted by molar-refractivity contribution is -0.384. The highest BCUT2D eigenvalue weighted by molar-refractivity contribution is 5.32. The molecule has 0 fully saturated rings. The summed E-state index contributed by atoms with van der Waals surface area (Å²) >= 11 is 0. The van der Waals surface area contributed by atoms with Gasteiger partial charge in [-0.15, -0.1) is 0 Å². The lowest BCUT2D eigenvalue weighted by Gasteiger charge is -2.19. The number of rotatable bonds is 7. The molecule has 0 aromatic heterocycles. The van der Waals surface area contributed by atoms with E-state index in [0.29, 0.717) is 6.54 Å². The number of non-ortho nitro benzene ring substituents is 1. The van der Waals surface area contributed by atoms with E-state index in [0.717, 1.165) is 31.6 Å². The Bertz CT molecular complexity index is 351. The quantitative estimate of drug-likeness (QED) is 0.575. The van der Waals surface area contributed by atoms with Crippen LogP contribution in [0.1, 0.15) is 12.5 Å². The maximum atomic E-state index is 10.5. The van der Waals surface area contributed by atoms with Gasteiger partial charge in [0.25, 0.3) is 5.69 Å². The number of nitro benzene ring substituents is 1. The van der Waals surface area contributed by atoms with Crippen LogP contribution in [0, 0.1) is 10.1 Å². The molecule has 0 atom stereocenters. The summed E-state index contributed by atoms with van der Waals surface area (Å²) < 4.78 is 0. The fraction of sp³-hybridized carbons (Fsp3) is 0.500. The fourth-order valence-corrected chi connectivity index (χ4v) is 1.68. The zero-order chi connectivity index (χ0) is 12.7. The van der Waals surface area contributed by atoms with Gasteiger partial charge in [-0.25, -0.2) is 0 Å². The first-order valence-corrected chi connectivity index (χ1v) is 5.83. The summed E-state index contributed by atoms with van der Waals surface area (Å²) in [5.74, 6) is 0. The molecular formula is C12H19N3O2. The van der Waals surface area contributed by atoms with Crippen molar-refractivity contribution in [2.24, 2.45) is 5.73 Å². The van der Waals surface area contributed by atoms with Crippen molar-refractivity contribution in [1.82, 2.24) is 4.90 Å². The van der Waals surface area contributed by atoms with Gasteiger partial charge < -0.3 is 10.6 Å². The van der Waals surface area contributed by atoms with Crippen molar-refractivity contribution in [2.75, 3.05) is 26.2 Å². The molecule has 0 saturated heterocycles. The van der Waals surface area contributed by atoms with E-state index in [2.05, 4.69) is 11.8 Å². The molecule has 1 rings (SSSR count). The SMILES string of the molecule is CCN(CCN)CCc1ccc([N+](=O)[O-])cc1. The third-order valence-corrected chi connectivity index (χ3v) is 2.76. The Morgan fingerprint density at radius 1 is 1.29 bits per heavy atom. The average Bonchev–Trinajstić information content (AvgIpc) is 2.35. The standard InChI is InChI=1S/C12H19N3O2/c1-2-14(10-8-13)9-7-11-3-5-12(6-4-11)15(16)17/h3-6H,2,7-10,13H2,1H3. The molecule has 0 aliphatic rings. The molecule has 5 heteroatoms. The van der Waals surface area contributed by atoms with Crippen LogP contribution in [0.3, 0.4) is 0 Å². The second-order valence-corrected chi connectivity index (χ2v) is 3.90. The minimum absolute atomic E-state index is 0.142. The molecule has 0 saturated carbocycles. The van der Waals surface area contributed by atoms with Crippen LogP contribution < -0.4 is 5.73 Å². The van der Waals surface area contributed by atoms with E-state index in [1.165, 1.54) is 0 Å². The minimum Gasteiger partial charge on any atom is -0.329 e. The first-order chi connectivity index (χ1) is 8.17. The first kappa shape index (κ1) is 13.6.